The molecular weight excluding hydrogens is 414 g/mol. The van der Waals surface area contributed by atoms with Gasteiger partial charge in [0, 0.05) is 16.0 Å². The summed E-state index contributed by atoms with van der Waals surface area (Å²) in [6.07, 6.45) is 0. The molecule has 4 aromatic rings. The van der Waals surface area contributed by atoms with Crippen molar-refractivity contribution in [3.05, 3.63) is 88.9 Å². The summed E-state index contributed by atoms with van der Waals surface area (Å²) in [5.74, 6) is -0.633. The average molecular weight is 430 g/mol. The molecule has 7 heteroatoms. The van der Waals surface area contributed by atoms with Gasteiger partial charge < -0.3 is 4.74 Å². The lowest BCUT2D eigenvalue weighted by Gasteiger charge is -2.14. The predicted molar refractivity (Wildman–Crippen MR) is 117 cm³/mol. The van der Waals surface area contributed by atoms with Crippen LogP contribution >= 0.6 is 11.6 Å². The molecule has 0 saturated carbocycles. The average Bonchev–Trinajstić information content (AvgIpc) is 3.04. The van der Waals surface area contributed by atoms with Crippen molar-refractivity contribution < 1.29 is 14.3 Å². The molecule has 2 amide bonds. The zero-order chi connectivity index (χ0) is 21.4. The molecule has 0 spiro atoms. The molecule has 2 heterocycles. The number of halogens is 1. The van der Waals surface area contributed by atoms with E-state index in [-0.39, 0.29) is 31.0 Å². The molecule has 3 aromatic carbocycles. The maximum Gasteiger partial charge on any atom is 0.317 e. The highest BCUT2D eigenvalue weighted by Crippen LogP contribution is 2.30. The first kappa shape index (κ1) is 19.2. The van der Waals surface area contributed by atoms with Crippen LogP contribution < -0.4 is 4.74 Å². The fourth-order valence-corrected chi connectivity index (χ4v) is 3.80. The molecule has 1 aromatic heterocycles. The zero-order valence-corrected chi connectivity index (χ0v) is 17.0. The van der Waals surface area contributed by atoms with E-state index in [1.807, 2.05) is 42.5 Å². The molecule has 152 valence electrons. The number of amides is 2. The minimum Gasteiger partial charge on any atom is -0.462 e. The van der Waals surface area contributed by atoms with Crippen molar-refractivity contribution >= 4 is 34.3 Å². The molecule has 0 saturated heterocycles. The van der Waals surface area contributed by atoms with Gasteiger partial charge in [-0.15, -0.1) is 0 Å². The largest absolute Gasteiger partial charge is 0.462 e. The Hall–Kier alpha value is -3.77. The molecule has 0 N–H and O–H groups in total. The molecule has 0 atom stereocenters. The molecule has 6 nitrogen and oxygen atoms in total. The van der Waals surface area contributed by atoms with Crippen molar-refractivity contribution in [3.63, 3.8) is 0 Å². The number of rotatable bonds is 5. The van der Waals surface area contributed by atoms with Crippen LogP contribution in [0.4, 0.5) is 0 Å². The SMILES string of the molecule is O=C1c2ccccc2C(=O)N1CCOc1nc(-c2ccccc2)c2cc(Cl)ccc2n1. The number of fused-ring (bicyclic) bond motifs is 2. The number of nitrogens with zero attached hydrogens (tertiary/aromatic N) is 3. The number of hydrogen-bond acceptors (Lipinski definition) is 5. The lowest BCUT2D eigenvalue weighted by atomic mass is 10.1. The Morgan fingerprint density at radius 3 is 2.23 bits per heavy atom. The van der Waals surface area contributed by atoms with Crippen LogP contribution in [0, 0.1) is 0 Å². The Kier molecular flexibility index (Phi) is 4.84. The molecule has 1 aliphatic heterocycles. The molecule has 0 radical (unpaired) electrons. The number of carbonyl (C=O) groups excluding carboxylic acids is 2. The Labute approximate surface area is 183 Å². The minimum absolute atomic E-state index is 0.0821. The zero-order valence-electron chi connectivity index (χ0n) is 16.3. The van der Waals surface area contributed by atoms with Gasteiger partial charge in [-0.3, -0.25) is 14.5 Å². The van der Waals surface area contributed by atoms with Crippen molar-refractivity contribution in [2.75, 3.05) is 13.2 Å². The second-order valence-electron chi connectivity index (χ2n) is 7.04. The van der Waals surface area contributed by atoms with Crippen LogP contribution in [0.25, 0.3) is 22.2 Å². The lowest BCUT2D eigenvalue weighted by Crippen LogP contribution is -2.33. The van der Waals surface area contributed by atoms with Gasteiger partial charge >= 0.3 is 6.01 Å². The first-order chi connectivity index (χ1) is 15.1. The Morgan fingerprint density at radius 1 is 0.839 bits per heavy atom. The minimum atomic E-state index is -0.316. The second-order valence-corrected chi connectivity index (χ2v) is 7.47. The summed E-state index contributed by atoms with van der Waals surface area (Å²) in [7, 11) is 0. The van der Waals surface area contributed by atoms with Crippen LogP contribution in [-0.4, -0.2) is 39.8 Å². The summed E-state index contributed by atoms with van der Waals surface area (Å²) in [4.78, 5) is 35.2. The van der Waals surface area contributed by atoms with E-state index >= 15 is 0 Å². The predicted octanol–water partition coefficient (Wildman–Crippen LogP) is 4.63. The van der Waals surface area contributed by atoms with Crippen molar-refractivity contribution in [1.82, 2.24) is 14.9 Å². The van der Waals surface area contributed by atoms with Crippen molar-refractivity contribution in [2.24, 2.45) is 0 Å². The smallest absolute Gasteiger partial charge is 0.317 e. The fraction of sp³-hybridized carbons (Fsp3) is 0.0833. The van der Waals surface area contributed by atoms with E-state index in [9.17, 15) is 9.59 Å². The van der Waals surface area contributed by atoms with Crippen molar-refractivity contribution in [2.45, 2.75) is 0 Å². The quantitative estimate of drug-likeness (QED) is 0.433. The van der Waals surface area contributed by atoms with Crippen molar-refractivity contribution in [1.29, 1.82) is 0 Å². The van der Waals surface area contributed by atoms with Gasteiger partial charge in [-0.2, -0.15) is 9.97 Å². The number of carbonyl (C=O) groups is 2. The van der Waals surface area contributed by atoms with E-state index in [0.717, 1.165) is 10.9 Å². The van der Waals surface area contributed by atoms with E-state index in [2.05, 4.69) is 9.97 Å². The third-order valence-corrected chi connectivity index (χ3v) is 5.34. The molecule has 0 bridgehead atoms. The van der Waals surface area contributed by atoms with Gasteiger partial charge in [0.15, 0.2) is 0 Å². The van der Waals surface area contributed by atoms with E-state index in [1.54, 1.807) is 30.3 Å². The molecule has 5 rings (SSSR count). The summed E-state index contributed by atoms with van der Waals surface area (Å²) in [6.45, 7) is 0.188. The van der Waals surface area contributed by atoms with Gasteiger partial charge in [-0.05, 0) is 30.3 Å². The molecule has 1 aliphatic rings. The lowest BCUT2D eigenvalue weighted by molar-refractivity contribution is 0.0629. The number of aromatic nitrogens is 2. The van der Waals surface area contributed by atoms with Gasteiger partial charge in [-0.1, -0.05) is 54.1 Å². The van der Waals surface area contributed by atoms with E-state index in [0.29, 0.717) is 27.4 Å². The van der Waals surface area contributed by atoms with E-state index in [4.69, 9.17) is 16.3 Å². The van der Waals surface area contributed by atoms with Crippen LogP contribution in [0.3, 0.4) is 0 Å². The van der Waals surface area contributed by atoms with E-state index in [1.165, 1.54) is 4.90 Å². The summed E-state index contributed by atoms with van der Waals surface area (Å²) in [5.41, 5.74) is 3.12. The van der Waals surface area contributed by atoms with Gasteiger partial charge in [-0.25, -0.2) is 0 Å². The van der Waals surface area contributed by atoms with Crippen LogP contribution in [0.2, 0.25) is 5.02 Å². The van der Waals surface area contributed by atoms with Gasteiger partial charge in [0.1, 0.15) is 6.61 Å². The monoisotopic (exact) mass is 429 g/mol. The summed E-state index contributed by atoms with van der Waals surface area (Å²) < 4.78 is 5.76. The van der Waals surface area contributed by atoms with Gasteiger partial charge in [0.2, 0.25) is 0 Å². The third kappa shape index (κ3) is 3.51. The standard InChI is InChI=1S/C24H16ClN3O3/c25-16-10-11-20-19(14-16)21(15-6-2-1-3-7-15)27-24(26-20)31-13-12-28-22(29)17-8-4-5-9-18(17)23(28)30/h1-11,14H,12-13H2. The summed E-state index contributed by atoms with van der Waals surface area (Å²) in [5, 5.41) is 1.40. The maximum absolute atomic E-state index is 12.5. The fourth-order valence-electron chi connectivity index (χ4n) is 3.63. The van der Waals surface area contributed by atoms with Crippen LogP contribution in [0.15, 0.2) is 72.8 Å². The highest BCUT2D eigenvalue weighted by molar-refractivity contribution is 6.31. The molecule has 0 aliphatic carbocycles. The van der Waals surface area contributed by atoms with Crippen LogP contribution in [0.5, 0.6) is 6.01 Å². The Balaban J connectivity index is 1.40. The number of ether oxygens (including phenoxy) is 1. The van der Waals surface area contributed by atoms with Crippen molar-refractivity contribution in [3.8, 4) is 17.3 Å². The normalized spacial score (nSPS) is 13.0. The van der Waals surface area contributed by atoms with E-state index < -0.39 is 0 Å². The number of benzene rings is 3. The summed E-state index contributed by atoms with van der Waals surface area (Å²) in [6, 6.07) is 22.0. The topological polar surface area (TPSA) is 72.4 Å². The Bertz CT molecular complexity index is 1290. The second kappa shape index (κ2) is 7.81. The number of hydrogen-bond donors (Lipinski definition) is 0. The Morgan fingerprint density at radius 2 is 1.52 bits per heavy atom. The third-order valence-electron chi connectivity index (χ3n) is 5.11. The molecule has 0 fully saturated rings. The van der Waals surface area contributed by atoms with Gasteiger partial charge in [0.25, 0.3) is 11.8 Å². The first-order valence-corrected chi connectivity index (χ1v) is 10.1. The molecular formula is C24H16ClN3O3. The molecule has 31 heavy (non-hydrogen) atoms. The van der Waals surface area contributed by atoms with Crippen LogP contribution in [0.1, 0.15) is 20.7 Å². The summed E-state index contributed by atoms with van der Waals surface area (Å²) >= 11 is 6.18. The highest BCUT2D eigenvalue weighted by atomic mass is 35.5. The molecule has 0 unspecified atom stereocenters. The highest BCUT2D eigenvalue weighted by Gasteiger charge is 2.34. The van der Waals surface area contributed by atoms with Crippen LogP contribution in [-0.2, 0) is 0 Å². The first-order valence-electron chi connectivity index (χ1n) is 9.72. The number of imide groups is 1. The van der Waals surface area contributed by atoms with Gasteiger partial charge in [0.05, 0.1) is 28.9 Å². The maximum atomic E-state index is 12.5.